The summed E-state index contributed by atoms with van der Waals surface area (Å²) in [5.41, 5.74) is 2.25. The molecule has 0 bridgehead atoms. The Labute approximate surface area is 222 Å². The Bertz CT molecular complexity index is 1370. The zero-order valence-corrected chi connectivity index (χ0v) is 22.3. The van der Waals surface area contributed by atoms with Crippen molar-refractivity contribution in [2.75, 3.05) is 26.2 Å². The van der Waals surface area contributed by atoms with Crippen LogP contribution < -0.4 is 23.8 Å². The van der Waals surface area contributed by atoms with Crippen molar-refractivity contribution in [1.82, 2.24) is 0 Å². The van der Waals surface area contributed by atoms with Gasteiger partial charge in [0.15, 0.2) is 11.5 Å². The van der Waals surface area contributed by atoms with Crippen molar-refractivity contribution in [2.24, 2.45) is 0 Å². The lowest BCUT2D eigenvalue weighted by Gasteiger charge is -2.27. The van der Waals surface area contributed by atoms with Gasteiger partial charge in [-0.3, -0.25) is 14.5 Å². The molecule has 1 heterocycles. The fourth-order valence-corrected chi connectivity index (χ4v) is 4.57. The maximum Gasteiger partial charge on any atom is 0.300 e. The predicted molar refractivity (Wildman–Crippen MR) is 144 cm³/mol. The fourth-order valence-electron chi connectivity index (χ4n) is 4.57. The molecule has 1 aliphatic heterocycles. The van der Waals surface area contributed by atoms with Gasteiger partial charge in [0.1, 0.15) is 11.5 Å². The normalized spacial score (nSPS) is 16.6. The van der Waals surface area contributed by atoms with E-state index in [-0.39, 0.29) is 17.4 Å². The molecule has 0 radical (unpaired) electrons. The SMILES string of the molecule is COc1cc(C2/C(=C(\O)c3ccc(OC(C)C)cc3)C(=O)C(=O)N2c2cccc(C)c2)cc(OC)c1OC. The molecule has 1 unspecified atom stereocenters. The highest BCUT2D eigenvalue weighted by Gasteiger charge is 2.47. The monoisotopic (exact) mass is 517 g/mol. The number of hydrogen-bond acceptors (Lipinski definition) is 7. The van der Waals surface area contributed by atoms with Crippen LogP contribution in [0.3, 0.4) is 0 Å². The fraction of sp³-hybridized carbons (Fsp3) is 0.267. The van der Waals surface area contributed by atoms with E-state index in [0.29, 0.717) is 39.8 Å². The van der Waals surface area contributed by atoms with E-state index in [9.17, 15) is 14.7 Å². The number of nitrogens with zero attached hydrogens (tertiary/aromatic N) is 1. The van der Waals surface area contributed by atoms with Gasteiger partial charge in [-0.1, -0.05) is 12.1 Å². The Morgan fingerprint density at radius 3 is 2.05 bits per heavy atom. The van der Waals surface area contributed by atoms with Crippen LogP contribution in [-0.4, -0.2) is 44.2 Å². The molecule has 1 atom stereocenters. The summed E-state index contributed by atoms with van der Waals surface area (Å²) >= 11 is 0. The number of benzene rings is 3. The van der Waals surface area contributed by atoms with E-state index in [4.69, 9.17) is 18.9 Å². The molecule has 0 spiro atoms. The van der Waals surface area contributed by atoms with E-state index in [2.05, 4.69) is 0 Å². The van der Waals surface area contributed by atoms with Crippen LogP contribution in [0.25, 0.3) is 5.76 Å². The number of rotatable bonds is 8. The number of aliphatic hydroxyl groups excluding tert-OH is 1. The summed E-state index contributed by atoms with van der Waals surface area (Å²) in [5.74, 6) is -0.155. The summed E-state index contributed by atoms with van der Waals surface area (Å²) < 4.78 is 22.2. The number of ether oxygens (including phenoxy) is 4. The molecule has 3 aromatic rings. The van der Waals surface area contributed by atoms with E-state index < -0.39 is 17.7 Å². The first-order valence-corrected chi connectivity index (χ1v) is 12.1. The second-order valence-corrected chi connectivity index (χ2v) is 9.16. The van der Waals surface area contributed by atoms with Gasteiger partial charge in [0, 0.05) is 11.3 Å². The van der Waals surface area contributed by atoms with Crippen LogP contribution in [0.4, 0.5) is 5.69 Å². The van der Waals surface area contributed by atoms with Gasteiger partial charge in [-0.05, 0) is 80.4 Å². The zero-order chi connectivity index (χ0) is 27.6. The summed E-state index contributed by atoms with van der Waals surface area (Å²) in [6.45, 7) is 5.73. The standard InChI is InChI=1S/C30H31NO7/c1-17(2)38-22-12-10-19(11-13-22)27(32)25-26(20-15-23(35-4)29(37-6)24(16-20)36-5)31(30(34)28(25)33)21-9-7-8-18(3)14-21/h7-17,26,32H,1-6H3/b27-25+. The first-order valence-electron chi connectivity index (χ1n) is 12.1. The number of amides is 1. The minimum Gasteiger partial charge on any atom is -0.507 e. The molecule has 1 N–H and O–H groups in total. The van der Waals surface area contributed by atoms with Crippen molar-refractivity contribution in [1.29, 1.82) is 0 Å². The number of carbonyl (C=O) groups excluding carboxylic acids is 2. The zero-order valence-electron chi connectivity index (χ0n) is 22.3. The Kier molecular flexibility index (Phi) is 7.62. The highest BCUT2D eigenvalue weighted by atomic mass is 16.5. The first-order chi connectivity index (χ1) is 18.2. The molecule has 1 fully saturated rings. The summed E-state index contributed by atoms with van der Waals surface area (Å²) in [4.78, 5) is 28.4. The number of aliphatic hydroxyl groups is 1. The number of anilines is 1. The average molecular weight is 518 g/mol. The van der Waals surface area contributed by atoms with Gasteiger partial charge in [-0.25, -0.2) is 0 Å². The van der Waals surface area contributed by atoms with Gasteiger partial charge in [0.05, 0.1) is 39.0 Å². The minimum atomic E-state index is -0.961. The molecule has 8 heteroatoms. The lowest BCUT2D eigenvalue weighted by atomic mass is 9.94. The third-order valence-electron chi connectivity index (χ3n) is 6.23. The highest BCUT2D eigenvalue weighted by Crippen LogP contribution is 2.47. The number of hydrogen-bond donors (Lipinski definition) is 1. The van der Waals surface area contributed by atoms with Crippen LogP contribution in [0, 0.1) is 6.92 Å². The number of Topliss-reactive ketones (excluding diaryl/α,β-unsaturated/α-hetero) is 1. The van der Waals surface area contributed by atoms with Crippen LogP contribution >= 0.6 is 0 Å². The highest BCUT2D eigenvalue weighted by molar-refractivity contribution is 6.51. The Morgan fingerprint density at radius 2 is 1.53 bits per heavy atom. The lowest BCUT2D eigenvalue weighted by molar-refractivity contribution is -0.132. The number of methoxy groups -OCH3 is 3. The number of ketones is 1. The Balaban J connectivity index is 1.96. The number of carbonyl (C=O) groups is 2. The van der Waals surface area contributed by atoms with Crippen molar-refractivity contribution < 1.29 is 33.6 Å². The van der Waals surface area contributed by atoms with Gasteiger partial charge in [-0.15, -0.1) is 0 Å². The van der Waals surface area contributed by atoms with E-state index in [1.807, 2.05) is 39.0 Å². The number of aryl methyl sites for hydroxylation is 1. The van der Waals surface area contributed by atoms with Crippen molar-refractivity contribution in [3.8, 4) is 23.0 Å². The van der Waals surface area contributed by atoms with Crippen molar-refractivity contribution in [3.05, 3.63) is 82.9 Å². The molecule has 4 rings (SSSR count). The van der Waals surface area contributed by atoms with Gasteiger partial charge >= 0.3 is 0 Å². The van der Waals surface area contributed by atoms with Crippen LogP contribution in [0.1, 0.15) is 36.6 Å². The third kappa shape index (κ3) is 4.89. The summed E-state index contributed by atoms with van der Waals surface area (Å²) in [5, 5.41) is 11.4. The molecule has 198 valence electrons. The summed E-state index contributed by atoms with van der Waals surface area (Å²) in [7, 11) is 4.46. The Hall–Kier alpha value is -4.46. The smallest absolute Gasteiger partial charge is 0.300 e. The topological polar surface area (TPSA) is 94.5 Å². The quantitative estimate of drug-likeness (QED) is 0.242. The van der Waals surface area contributed by atoms with E-state index in [1.165, 1.54) is 26.2 Å². The first kappa shape index (κ1) is 26.6. The van der Waals surface area contributed by atoms with E-state index in [1.54, 1.807) is 42.5 Å². The van der Waals surface area contributed by atoms with Gasteiger partial charge in [0.2, 0.25) is 5.75 Å². The molecule has 38 heavy (non-hydrogen) atoms. The third-order valence-corrected chi connectivity index (χ3v) is 6.23. The Morgan fingerprint density at radius 1 is 0.895 bits per heavy atom. The maximum absolute atomic E-state index is 13.5. The molecule has 0 saturated carbocycles. The molecule has 0 aliphatic carbocycles. The van der Waals surface area contributed by atoms with Crippen molar-refractivity contribution in [3.63, 3.8) is 0 Å². The molecule has 1 saturated heterocycles. The van der Waals surface area contributed by atoms with E-state index >= 15 is 0 Å². The van der Waals surface area contributed by atoms with E-state index in [0.717, 1.165) is 5.56 Å². The summed E-state index contributed by atoms with van der Waals surface area (Å²) in [6.07, 6.45) is -0.0193. The van der Waals surface area contributed by atoms with Crippen molar-refractivity contribution in [2.45, 2.75) is 32.9 Å². The molecule has 0 aromatic heterocycles. The van der Waals surface area contributed by atoms with Crippen LogP contribution in [0.15, 0.2) is 66.2 Å². The van der Waals surface area contributed by atoms with Crippen molar-refractivity contribution >= 4 is 23.1 Å². The largest absolute Gasteiger partial charge is 0.507 e. The van der Waals surface area contributed by atoms with Gasteiger partial charge in [0.25, 0.3) is 11.7 Å². The van der Waals surface area contributed by atoms with Gasteiger partial charge in [-0.2, -0.15) is 0 Å². The average Bonchev–Trinajstić information content (AvgIpc) is 3.17. The molecule has 3 aromatic carbocycles. The van der Waals surface area contributed by atoms with Gasteiger partial charge < -0.3 is 24.1 Å². The van der Waals surface area contributed by atoms with Crippen LogP contribution in [-0.2, 0) is 9.59 Å². The van der Waals surface area contributed by atoms with Crippen LogP contribution in [0.5, 0.6) is 23.0 Å². The second-order valence-electron chi connectivity index (χ2n) is 9.16. The molecular weight excluding hydrogens is 486 g/mol. The minimum absolute atomic E-state index is 0.0193. The summed E-state index contributed by atoms with van der Waals surface area (Å²) in [6, 6.07) is 16.4. The maximum atomic E-state index is 13.5. The molecule has 1 amide bonds. The lowest BCUT2D eigenvalue weighted by Crippen LogP contribution is -2.29. The predicted octanol–water partition coefficient (Wildman–Crippen LogP) is 5.43. The molecule has 8 nitrogen and oxygen atoms in total. The molecular formula is C30H31NO7. The second kappa shape index (κ2) is 10.9. The molecule has 1 aliphatic rings. The van der Waals surface area contributed by atoms with Crippen LogP contribution in [0.2, 0.25) is 0 Å².